The molecule has 2 heterocycles. The number of benzene rings is 1. The average molecular weight is 553 g/mol. The van der Waals surface area contributed by atoms with Crippen molar-refractivity contribution in [2.24, 2.45) is 0 Å². The number of aromatic nitrogens is 2. The first-order valence-electron chi connectivity index (χ1n) is 11.2. The second-order valence-electron chi connectivity index (χ2n) is 9.55. The van der Waals surface area contributed by atoms with E-state index in [1.165, 1.54) is 6.26 Å². The Morgan fingerprint density at radius 2 is 1.62 bits per heavy atom. The lowest BCUT2D eigenvalue weighted by molar-refractivity contribution is -0.570. The first-order valence-corrected chi connectivity index (χ1v) is 15.1. The highest BCUT2D eigenvalue weighted by atomic mass is 32.2. The van der Waals surface area contributed by atoms with Crippen LogP contribution in [0.2, 0.25) is 0 Å². The molecule has 3 aromatic rings. The fourth-order valence-electron chi connectivity index (χ4n) is 2.99. The Balaban J connectivity index is 0.000000877. The molecular weight excluding hydrogens is 520 g/mol. The van der Waals surface area contributed by atoms with Crippen LogP contribution in [0.1, 0.15) is 32.1 Å². The van der Waals surface area contributed by atoms with Crippen LogP contribution in [0.5, 0.6) is 0 Å². The molecule has 0 atom stereocenters. The molecule has 0 bridgehead atoms. The van der Waals surface area contributed by atoms with Crippen molar-refractivity contribution in [1.82, 2.24) is 10.1 Å². The van der Waals surface area contributed by atoms with Crippen molar-refractivity contribution in [3.05, 3.63) is 60.0 Å². The molecule has 0 aliphatic rings. The van der Waals surface area contributed by atoms with Crippen molar-refractivity contribution >= 4 is 37.5 Å². The van der Waals surface area contributed by atoms with Crippen molar-refractivity contribution in [2.45, 2.75) is 32.6 Å². The maximum Gasteiger partial charge on any atom is 0.230 e. The molecule has 0 aliphatic carbocycles. The molecule has 0 radical (unpaired) electrons. The summed E-state index contributed by atoms with van der Waals surface area (Å²) >= 11 is 0. The van der Waals surface area contributed by atoms with E-state index in [-0.39, 0.29) is 23.5 Å². The van der Waals surface area contributed by atoms with Crippen LogP contribution in [0, 0.1) is 0 Å². The van der Waals surface area contributed by atoms with Gasteiger partial charge in [0.15, 0.2) is 15.7 Å². The summed E-state index contributed by atoms with van der Waals surface area (Å²) in [4.78, 5) is 16.7. The number of carbonyl (C=O) groups excluding carboxylic acids is 1. The third kappa shape index (κ3) is 12.1. The van der Waals surface area contributed by atoms with Crippen molar-refractivity contribution < 1.29 is 36.0 Å². The van der Waals surface area contributed by atoms with Gasteiger partial charge >= 0.3 is 0 Å². The third-order valence-electron chi connectivity index (χ3n) is 4.80. The molecule has 0 unspecified atom stereocenters. The van der Waals surface area contributed by atoms with Crippen molar-refractivity contribution in [3.63, 3.8) is 0 Å². The molecule has 1 aromatic carbocycles. The van der Waals surface area contributed by atoms with Gasteiger partial charge in [-0.25, -0.2) is 21.8 Å². The zero-order valence-corrected chi connectivity index (χ0v) is 23.0. The molecule has 37 heavy (non-hydrogen) atoms. The number of anilines is 1. The van der Waals surface area contributed by atoms with Crippen molar-refractivity contribution in [2.75, 3.05) is 30.1 Å². The third-order valence-corrected chi connectivity index (χ3v) is 5.77. The Kier molecular flexibility index (Phi) is 10.1. The van der Waals surface area contributed by atoms with E-state index in [4.69, 9.17) is 17.5 Å². The van der Waals surface area contributed by atoms with E-state index in [2.05, 4.69) is 15.5 Å². The smallest absolute Gasteiger partial charge is 0.230 e. The fraction of sp³-hybridized carbons (Fsp3) is 0.375. The van der Waals surface area contributed by atoms with E-state index in [1.54, 1.807) is 12.3 Å². The van der Waals surface area contributed by atoms with E-state index >= 15 is 0 Å². The minimum absolute atomic E-state index is 0.111. The summed E-state index contributed by atoms with van der Waals surface area (Å²) in [6.45, 7) is 6.48. The van der Waals surface area contributed by atoms with Gasteiger partial charge in [0.25, 0.3) is 0 Å². The Labute approximate surface area is 217 Å². The summed E-state index contributed by atoms with van der Waals surface area (Å²) in [6, 6.07) is 13.3. The van der Waals surface area contributed by atoms with Gasteiger partial charge in [-0.05, 0) is 17.2 Å². The number of amides is 1. The standard InChI is InChI=1S/C23H28N4O4S.CH4O3S/c1-23(2,3)19-14-21(27-31-19)26-22(28)13-16-5-7-17(8-6-16)18-9-10-20(25-15-18)24-11-12-32(4,29)30;1-5(2,3)4/h5-10,14-15H,11-13H2,1-4H3,(H,24,25)(H,26,27,28);1H3,(H,2,3,4). The number of nitrogens with one attached hydrogen (secondary N) is 1. The van der Waals surface area contributed by atoms with Gasteiger partial charge in [0.1, 0.15) is 5.76 Å². The number of rotatable bonds is 8. The van der Waals surface area contributed by atoms with Crippen LogP contribution in [0.15, 0.2) is 53.2 Å². The van der Waals surface area contributed by atoms with Crippen LogP contribution in [-0.4, -0.2) is 62.2 Å². The van der Waals surface area contributed by atoms with Gasteiger partial charge in [0, 0.05) is 41.8 Å². The van der Waals surface area contributed by atoms with Gasteiger partial charge in [-0.1, -0.05) is 50.2 Å². The molecular formula is C24H32N4O7S2. The van der Waals surface area contributed by atoms with E-state index in [9.17, 15) is 13.2 Å². The molecule has 11 nitrogen and oxygen atoms in total. The second kappa shape index (κ2) is 12.4. The van der Waals surface area contributed by atoms with E-state index in [1.807, 2.05) is 62.5 Å². The minimum atomic E-state index is -3.92. The zero-order valence-electron chi connectivity index (χ0n) is 21.4. The SMILES string of the molecule is CC(C)(C)c1cc(NC(=O)Cc2ccc(-c3ccc([NH2+]CCS(C)(=O)=O)nc3)cc2)no1.CS(=O)(=O)[O-]. The first kappa shape index (κ1) is 30.1. The largest absolute Gasteiger partial charge is 0.748 e. The monoisotopic (exact) mass is 552 g/mol. The Hall–Kier alpha value is -3.13. The summed E-state index contributed by atoms with van der Waals surface area (Å²) < 4.78 is 54.9. The van der Waals surface area contributed by atoms with Crippen LogP contribution in [0.4, 0.5) is 11.6 Å². The fourth-order valence-corrected chi connectivity index (χ4v) is 3.54. The van der Waals surface area contributed by atoms with Crippen molar-refractivity contribution in [1.29, 1.82) is 0 Å². The van der Waals surface area contributed by atoms with Crippen LogP contribution >= 0.6 is 0 Å². The molecule has 0 fully saturated rings. The highest BCUT2D eigenvalue weighted by molar-refractivity contribution is 7.90. The number of carbonyl (C=O) groups is 1. The predicted molar refractivity (Wildman–Crippen MR) is 139 cm³/mol. The number of hydrogen-bond donors (Lipinski definition) is 2. The quantitative estimate of drug-likeness (QED) is 0.393. The first-order chi connectivity index (χ1) is 17.0. The van der Waals surface area contributed by atoms with E-state index < -0.39 is 20.0 Å². The number of nitrogens with two attached hydrogens (primary N) is 1. The van der Waals surface area contributed by atoms with Crippen LogP contribution in [0.25, 0.3) is 11.1 Å². The molecule has 0 saturated heterocycles. The summed E-state index contributed by atoms with van der Waals surface area (Å²) in [6.07, 6.45) is 3.81. The van der Waals surface area contributed by atoms with Gasteiger partial charge < -0.3 is 14.4 Å². The molecule has 202 valence electrons. The van der Waals surface area contributed by atoms with Gasteiger partial charge in [-0.15, -0.1) is 0 Å². The summed E-state index contributed by atoms with van der Waals surface area (Å²) in [5.41, 5.74) is 2.63. The lowest BCUT2D eigenvalue weighted by Crippen LogP contribution is -2.79. The number of quaternary nitrogens is 1. The summed E-state index contributed by atoms with van der Waals surface area (Å²) in [5, 5.41) is 8.49. The average Bonchev–Trinajstić information content (AvgIpc) is 3.22. The number of sulfone groups is 1. The Bertz CT molecular complexity index is 1380. The lowest BCUT2D eigenvalue weighted by atomic mass is 9.93. The van der Waals surface area contributed by atoms with Crippen molar-refractivity contribution in [3.8, 4) is 11.1 Å². The molecule has 2 aromatic heterocycles. The maximum atomic E-state index is 12.3. The normalized spacial score (nSPS) is 11.9. The molecule has 13 heteroatoms. The van der Waals surface area contributed by atoms with Gasteiger partial charge in [0.05, 0.1) is 28.8 Å². The molecule has 3 rings (SSSR count). The van der Waals surface area contributed by atoms with Crippen LogP contribution in [0.3, 0.4) is 0 Å². The second-order valence-corrected chi connectivity index (χ2v) is 13.2. The molecule has 0 spiro atoms. The van der Waals surface area contributed by atoms with Gasteiger partial charge in [-0.3, -0.25) is 10.1 Å². The summed E-state index contributed by atoms with van der Waals surface area (Å²) in [5.74, 6) is 1.82. The topological polar surface area (TPSA) is 176 Å². The molecule has 0 aliphatic heterocycles. The zero-order chi connectivity index (χ0) is 27.9. The van der Waals surface area contributed by atoms with Crippen LogP contribution < -0.4 is 10.6 Å². The van der Waals surface area contributed by atoms with Gasteiger partial charge in [-0.2, -0.15) is 0 Å². The van der Waals surface area contributed by atoms with E-state index in [0.717, 1.165) is 22.5 Å². The maximum absolute atomic E-state index is 12.3. The van der Waals surface area contributed by atoms with Crippen LogP contribution in [-0.2, 0) is 36.6 Å². The molecule has 1 amide bonds. The predicted octanol–water partition coefficient (Wildman–Crippen LogP) is 1.62. The lowest BCUT2D eigenvalue weighted by Gasteiger charge is -2.12. The number of hydrogen-bond acceptors (Lipinski definition) is 9. The summed E-state index contributed by atoms with van der Waals surface area (Å²) in [7, 11) is -6.89. The van der Waals surface area contributed by atoms with E-state index in [0.29, 0.717) is 24.4 Å². The number of nitrogens with zero attached hydrogens (tertiary/aromatic N) is 2. The Morgan fingerprint density at radius 1 is 1.03 bits per heavy atom. The van der Waals surface area contributed by atoms with Gasteiger partial charge in [0.2, 0.25) is 11.7 Å². The highest BCUT2D eigenvalue weighted by Gasteiger charge is 2.20. The molecule has 3 N–H and O–H groups in total. The highest BCUT2D eigenvalue weighted by Crippen LogP contribution is 2.24. The molecule has 0 saturated carbocycles. The number of pyridine rings is 1. The minimum Gasteiger partial charge on any atom is -0.748 e. The Morgan fingerprint density at radius 3 is 2.11 bits per heavy atom.